The van der Waals surface area contributed by atoms with Crippen LogP contribution in [-0.4, -0.2) is 60.0 Å². The summed E-state index contributed by atoms with van der Waals surface area (Å²) in [6.45, 7) is 8.79. The number of hydrogen-bond acceptors (Lipinski definition) is 3. The molecule has 1 aliphatic heterocycles. The Morgan fingerprint density at radius 1 is 1.17 bits per heavy atom. The van der Waals surface area contributed by atoms with Gasteiger partial charge in [0.05, 0.1) is 6.54 Å². The Balaban J connectivity index is 1.78. The van der Waals surface area contributed by atoms with E-state index in [2.05, 4.69) is 15.5 Å². The van der Waals surface area contributed by atoms with Gasteiger partial charge in [0.25, 0.3) is 0 Å². The molecule has 1 fully saturated rings. The zero-order valence-corrected chi connectivity index (χ0v) is 15.2. The van der Waals surface area contributed by atoms with Gasteiger partial charge in [-0.1, -0.05) is 17.7 Å². The van der Waals surface area contributed by atoms with Crippen LogP contribution in [0, 0.1) is 0 Å². The third-order valence-corrected chi connectivity index (χ3v) is 3.85. The minimum absolute atomic E-state index is 0.0133. The van der Waals surface area contributed by atoms with Crippen molar-refractivity contribution in [2.24, 2.45) is 0 Å². The molecule has 1 aromatic rings. The summed E-state index contributed by atoms with van der Waals surface area (Å²) in [4.78, 5) is 28.0. The Bertz CT molecular complexity index is 592. The van der Waals surface area contributed by atoms with Gasteiger partial charge in [-0.15, -0.1) is 0 Å². The molecule has 0 aliphatic carbocycles. The van der Waals surface area contributed by atoms with Crippen molar-refractivity contribution in [3.8, 4) is 0 Å². The Morgan fingerprint density at radius 2 is 1.83 bits per heavy atom. The molecule has 24 heavy (non-hydrogen) atoms. The van der Waals surface area contributed by atoms with Crippen LogP contribution in [0.25, 0.3) is 0 Å². The molecule has 0 aromatic heterocycles. The SMILES string of the molecule is CC(C)(C)NC(=O)CN1CCN(C(=O)Nc2cccc(Cl)c2)CC1. The lowest BCUT2D eigenvalue weighted by Gasteiger charge is -2.34. The molecule has 1 aliphatic rings. The van der Waals surface area contributed by atoms with Crippen LogP contribution in [0.2, 0.25) is 5.02 Å². The van der Waals surface area contributed by atoms with Crippen LogP contribution in [0.4, 0.5) is 10.5 Å². The van der Waals surface area contributed by atoms with Gasteiger partial charge in [0.1, 0.15) is 0 Å². The first-order valence-corrected chi connectivity index (χ1v) is 8.45. The molecule has 132 valence electrons. The van der Waals surface area contributed by atoms with E-state index in [0.717, 1.165) is 0 Å². The van der Waals surface area contributed by atoms with Gasteiger partial charge >= 0.3 is 6.03 Å². The van der Waals surface area contributed by atoms with E-state index < -0.39 is 0 Å². The topological polar surface area (TPSA) is 64.7 Å². The summed E-state index contributed by atoms with van der Waals surface area (Å²) in [5, 5.41) is 6.38. The molecule has 0 spiro atoms. The normalized spacial score (nSPS) is 15.9. The lowest BCUT2D eigenvalue weighted by atomic mass is 10.1. The zero-order chi connectivity index (χ0) is 17.7. The van der Waals surface area contributed by atoms with Gasteiger partial charge in [-0.2, -0.15) is 0 Å². The fourth-order valence-electron chi connectivity index (χ4n) is 2.54. The van der Waals surface area contributed by atoms with Crippen LogP contribution < -0.4 is 10.6 Å². The Hall–Kier alpha value is -1.79. The number of rotatable bonds is 3. The van der Waals surface area contributed by atoms with Crippen LogP contribution >= 0.6 is 11.6 Å². The zero-order valence-electron chi connectivity index (χ0n) is 14.4. The van der Waals surface area contributed by atoms with Crippen molar-refractivity contribution in [2.45, 2.75) is 26.3 Å². The first-order valence-electron chi connectivity index (χ1n) is 8.08. The second kappa shape index (κ2) is 7.85. The molecule has 1 aromatic carbocycles. The summed E-state index contributed by atoms with van der Waals surface area (Å²) in [5.74, 6) is 0.0133. The maximum absolute atomic E-state index is 12.3. The summed E-state index contributed by atoms with van der Waals surface area (Å²) in [6, 6.07) is 6.93. The average molecular weight is 353 g/mol. The summed E-state index contributed by atoms with van der Waals surface area (Å²) in [7, 11) is 0. The largest absolute Gasteiger partial charge is 0.350 e. The van der Waals surface area contributed by atoms with Gasteiger partial charge in [-0.05, 0) is 39.0 Å². The average Bonchev–Trinajstić information content (AvgIpc) is 2.45. The van der Waals surface area contributed by atoms with Crippen LogP contribution in [0.5, 0.6) is 0 Å². The highest BCUT2D eigenvalue weighted by atomic mass is 35.5. The van der Waals surface area contributed by atoms with E-state index in [1.807, 2.05) is 20.8 Å². The standard InChI is InChI=1S/C17H25ClN4O2/c1-17(2,3)20-15(23)12-21-7-9-22(10-8-21)16(24)19-14-6-4-5-13(18)11-14/h4-6,11H,7-10,12H2,1-3H3,(H,19,24)(H,20,23). The predicted molar refractivity (Wildman–Crippen MR) is 96.4 cm³/mol. The number of amides is 3. The second-order valence-electron chi connectivity index (χ2n) is 7.00. The first-order chi connectivity index (χ1) is 11.2. The molecule has 7 heteroatoms. The van der Waals surface area contributed by atoms with E-state index in [1.165, 1.54) is 0 Å². The number of nitrogens with zero attached hydrogens (tertiary/aromatic N) is 2. The molecular formula is C17H25ClN4O2. The van der Waals surface area contributed by atoms with Crippen molar-refractivity contribution in [1.82, 2.24) is 15.1 Å². The van der Waals surface area contributed by atoms with Gasteiger partial charge in [0.2, 0.25) is 5.91 Å². The molecule has 2 N–H and O–H groups in total. The summed E-state index contributed by atoms with van der Waals surface area (Å²) >= 11 is 5.92. The number of carbonyl (C=O) groups excluding carboxylic acids is 2. The third-order valence-electron chi connectivity index (χ3n) is 3.62. The number of halogens is 1. The highest BCUT2D eigenvalue weighted by Gasteiger charge is 2.23. The number of nitrogens with one attached hydrogen (secondary N) is 2. The molecule has 0 unspecified atom stereocenters. The van der Waals surface area contributed by atoms with E-state index in [-0.39, 0.29) is 17.5 Å². The van der Waals surface area contributed by atoms with E-state index in [1.54, 1.807) is 29.2 Å². The van der Waals surface area contributed by atoms with Crippen molar-refractivity contribution < 1.29 is 9.59 Å². The number of anilines is 1. The fourth-order valence-corrected chi connectivity index (χ4v) is 2.73. The minimum atomic E-state index is -0.226. The number of piperazine rings is 1. The molecule has 0 bridgehead atoms. The van der Waals surface area contributed by atoms with Crippen LogP contribution in [0.3, 0.4) is 0 Å². The number of benzene rings is 1. The molecule has 3 amide bonds. The van der Waals surface area contributed by atoms with Gasteiger partial charge in [-0.3, -0.25) is 9.69 Å². The van der Waals surface area contributed by atoms with Crippen molar-refractivity contribution >= 4 is 29.2 Å². The predicted octanol–water partition coefficient (Wildman–Crippen LogP) is 2.40. The monoisotopic (exact) mass is 352 g/mol. The Morgan fingerprint density at radius 3 is 2.42 bits per heavy atom. The van der Waals surface area contributed by atoms with E-state index in [0.29, 0.717) is 43.4 Å². The first kappa shape index (κ1) is 18.5. The van der Waals surface area contributed by atoms with Crippen molar-refractivity contribution in [3.05, 3.63) is 29.3 Å². The number of urea groups is 1. The molecule has 6 nitrogen and oxygen atoms in total. The Kier molecular flexibility index (Phi) is 6.07. The lowest BCUT2D eigenvalue weighted by Crippen LogP contribution is -2.53. The van der Waals surface area contributed by atoms with Crippen molar-refractivity contribution in [2.75, 3.05) is 38.0 Å². The van der Waals surface area contributed by atoms with E-state index in [4.69, 9.17) is 11.6 Å². The van der Waals surface area contributed by atoms with Crippen molar-refractivity contribution in [1.29, 1.82) is 0 Å². The van der Waals surface area contributed by atoms with E-state index >= 15 is 0 Å². The van der Waals surface area contributed by atoms with E-state index in [9.17, 15) is 9.59 Å². The lowest BCUT2D eigenvalue weighted by molar-refractivity contribution is -0.123. The summed E-state index contributed by atoms with van der Waals surface area (Å²) < 4.78 is 0. The molecule has 0 atom stereocenters. The number of hydrogen-bond donors (Lipinski definition) is 2. The molecule has 1 saturated heterocycles. The third kappa shape index (κ3) is 6.02. The van der Waals surface area contributed by atoms with Gasteiger partial charge < -0.3 is 15.5 Å². The highest BCUT2D eigenvalue weighted by molar-refractivity contribution is 6.30. The maximum Gasteiger partial charge on any atom is 0.321 e. The smallest absolute Gasteiger partial charge is 0.321 e. The second-order valence-corrected chi connectivity index (χ2v) is 7.44. The molecule has 2 rings (SSSR count). The summed E-state index contributed by atoms with van der Waals surface area (Å²) in [6.07, 6.45) is 0. The highest BCUT2D eigenvalue weighted by Crippen LogP contribution is 2.15. The van der Waals surface area contributed by atoms with Crippen LogP contribution in [0.1, 0.15) is 20.8 Å². The van der Waals surface area contributed by atoms with Crippen LogP contribution in [0.15, 0.2) is 24.3 Å². The van der Waals surface area contributed by atoms with Crippen LogP contribution in [-0.2, 0) is 4.79 Å². The quantitative estimate of drug-likeness (QED) is 0.878. The van der Waals surface area contributed by atoms with Crippen molar-refractivity contribution in [3.63, 3.8) is 0 Å². The summed E-state index contributed by atoms with van der Waals surface area (Å²) in [5.41, 5.74) is 0.454. The molecular weight excluding hydrogens is 328 g/mol. The molecule has 0 saturated carbocycles. The fraction of sp³-hybridized carbons (Fsp3) is 0.529. The molecule has 0 radical (unpaired) electrons. The maximum atomic E-state index is 12.3. The number of carbonyl (C=O) groups is 2. The van der Waals surface area contributed by atoms with Gasteiger partial charge in [0, 0.05) is 42.4 Å². The minimum Gasteiger partial charge on any atom is -0.350 e. The molecule has 1 heterocycles. The van der Waals surface area contributed by atoms with Gasteiger partial charge in [-0.25, -0.2) is 4.79 Å². The Labute approximate surface area is 148 Å². The van der Waals surface area contributed by atoms with Gasteiger partial charge in [0.15, 0.2) is 0 Å².